The second-order valence-electron chi connectivity index (χ2n) is 5.19. The first kappa shape index (κ1) is 17.7. The molecular weight excluding hydrogens is 361 g/mol. The number of hydrogen-bond acceptors (Lipinski definition) is 7. The molecule has 0 atom stereocenters. The third kappa shape index (κ3) is 3.45. The predicted octanol–water partition coefficient (Wildman–Crippen LogP) is 3.01. The van der Waals surface area contributed by atoms with Crippen molar-refractivity contribution >= 4 is 17.4 Å². The van der Waals surface area contributed by atoms with E-state index in [0.29, 0.717) is 16.7 Å². The van der Waals surface area contributed by atoms with Gasteiger partial charge in [-0.15, -0.1) is 10.2 Å². The van der Waals surface area contributed by atoms with Crippen LogP contribution in [0.15, 0.2) is 47.6 Å². The fourth-order valence-electron chi connectivity index (χ4n) is 2.31. The molecule has 3 aromatic rings. The fourth-order valence-corrected chi connectivity index (χ4v) is 3.19. The highest BCUT2D eigenvalue weighted by atomic mass is 32.2. The quantitative estimate of drug-likeness (QED) is 0.305. The molecule has 0 aliphatic carbocycles. The summed E-state index contributed by atoms with van der Waals surface area (Å²) in [7, 11) is 1.57. The van der Waals surface area contributed by atoms with Crippen molar-refractivity contribution in [3.8, 4) is 17.1 Å². The zero-order valence-electron chi connectivity index (χ0n) is 13.6. The Balaban J connectivity index is 1.82. The molecule has 0 fully saturated rings. The maximum Gasteiger partial charge on any atom is 0.276 e. The molecule has 0 aliphatic heterocycles. The lowest BCUT2D eigenvalue weighted by Crippen LogP contribution is -2.11. The molecular formula is C16H14FN5O3S. The number of nitro groups is 1. The van der Waals surface area contributed by atoms with Crippen LogP contribution in [0.2, 0.25) is 0 Å². The summed E-state index contributed by atoms with van der Waals surface area (Å²) in [5.74, 6) is 6.48. The molecule has 0 aliphatic rings. The maximum atomic E-state index is 14.0. The number of methoxy groups -OCH3 is 1. The summed E-state index contributed by atoms with van der Waals surface area (Å²) in [4.78, 5) is 10.4. The van der Waals surface area contributed by atoms with Gasteiger partial charge < -0.3 is 10.6 Å². The Morgan fingerprint density at radius 2 is 2.00 bits per heavy atom. The summed E-state index contributed by atoms with van der Waals surface area (Å²) in [6.07, 6.45) is 0. The van der Waals surface area contributed by atoms with E-state index in [-0.39, 0.29) is 17.0 Å². The van der Waals surface area contributed by atoms with Gasteiger partial charge in [0.2, 0.25) is 5.16 Å². The average Bonchev–Trinajstić information content (AvgIpc) is 3.01. The van der Waals surface area contributed by atoms with E-state index in [4.69, 9.17) is 10.6 Å². The van der Waals surface area contributed by atoms with Crippen molar-refractivity contribution in [2.75, 3.05) is 13.0 Å². The molecule has 10 heteroatoms. The Kier molecular flexibility index (Phi) is 5.03. The van der Waals surface area contributed by atoms with Crippen molar-refractivity contribution in [3.63, 3.8) is 0 Å². The van der Waals surface area contributed by atoms with Gasteiger partial charge in [-0.05, 0) is 30.3 Å². The number of halogens is 1. The molecule has 8 nitrogen and oxygen atoms in total. The Bertz CT molecular complexity index is 946. The minimum atomic E-state index is -0.648. The van der Waals surface area contributed by atoms with Crippen LogP contribution in [0.1, 0.15) is 5.56 Å². The van der Waals surface area contributed by atoms with Gasteiger partial charge in [-0.1, -0.05) is 17.8 Å². The van der Waals surface area contributed by atoms with Crippen molar-refractivity contribution in [1.29, 1.82) is 0 Å². The van der Waals surface area contributed by atoms with Crippen LogP contribution in [0, 0.1) is 15.9 Å². The number of hydrogen-bond donors (Lipinski definition) is 1. The molecule has 3 rings (SSSR count). The number of aromatic nitrogens is 3. The van der Waals surface area contributed by atoms with Gasteiger partial charge >= 0.3 is 0 Å². The van der Waals surface area contributed by atoms with Crippen LogP contribution in [-0.4, -0.2) is 26.9 Å². The molecule has 2 aromatic carbocycles. The fraction of sp³-hybridized carbons (Fsp3) is 0.125. The Labute approximate surface area is 151 Å². The van der Waals surface area contributed by atoms with Crippen molar-refractivity contribution in [2.45, 2.75) is 10.9 Å². The summed E-state index contributed by atoms with van der Waals surface area (Å²) >= 11 is 1.06. The van der Waals surface area contributed by atoms with Crippen LogP contribution in [0.25, 0.3) is 11.4 Å². The Hall–Kier alpha value is -3.14. The van der Waals surface area contributed by atoms with Crippen molar-refractivity contribution in [3.05, 3.63) is 64.0 Å². The number of benzene rings is 2. The van der Waals surface area contributed by atoms with E-state index < -0.39 is 10.7 Å². The van der Waals surface area contributed by atoms with Crippen LogP contribution >= 0.6 is 11.8 Å². The SMILES string of the molecule is COc1ccc(-c2nnc(SCc3c(F)cccc3[N+](=O)[O-])n2N)cc1. The third-order valence-corrected chi connectivity index (χ3v) is 4.62. The maximum absolute atomic E-state index is 14.0. The summed E-state index contributed by atoms with van der Waals surface area (Å²) in [6, 6.07) is 10.8. The smallest absolute Gasteiger partial charge is 0.276 e. The molecule has 0 bridgehead atoms. The molecule has 0 unspecified atom stereocenters. The summed E-state index contributed by atoms with van der Waals surface area (Å²) < 4.78 is 20.3. The number of nitrogen functional groups attached to an aromatic ring is 1. The number of thioether (sulfide) groups is 1. The van der Waals surface area contributed by atoms with Gasteiger partial charge in [-0.2, -0.15) is 0 Å². The van der Waals surface area contributed by atoms with Gasteiger partial charge in [0.1, 0.15) is 11.6 Å². The molecule has 26 heavy (non-hydrogen) atoms. The Morgan fingerprint density at radius 3 is 2.65 bits per heavy atom. The molecule has 0 saturated heterocycles. The van der Waals surface area contributed by atoms with Gasteiger partial charge in [-0.3, -0.25) is 10.1 Å². The predicted molar refractivity (Wildman–Crippen MR) is 94.8 cm³/mol. The lowest BCUT2D eigenvalue weighted by Gasteiger charge is -2.06. The van der Waals surface area contributed by atoms with Gasteiger partial charge in [-0.25, -0.2) is 9.07 Å². The number of nitrogens with two attached hydrogens (primary N) is 1. The van der Waals surface area contributed by atoms with Crippen LogP contribution in [-0.2, 0) is 5.75 Å². The molecule has 0 saturated carbocycles. The molecule has 134 valence electrons. The highest BCUT2D eigenvalue weighted by Crippen LogP contribution is 2.30. The third-order valence-electron chi connectivity index (χ3n) is 3.65. The summed E-state index contributed by atoms with van der Waals surface area (Å²) in [6.45, 7) is 0. The molecule has 2 N–H and O–H groups in total. The van der Waals surface area contributed by atoms with E-state index in [1.54, 1.807) is 31.4 Å². The van der Waals surface area contributed by atoms with Crippen LogP contribution in [0.5, 0.6) is 5.75 Å². The van der Waals surface area contributed by atoms with Crippen molar-refractivity contribution < 1.29 is 14.1 Å². The second kappa shape index (κ2) is 7.40. The van der Waals surface area contributed by atoms with E-state index in [9.17, 15) is 14.5 Å². The number of nitrogens with zero attached hydrogens (tertiary/aromatic N) is 4. The zero-order valence-corrected chi connectivity index (χ0v) is 14.4. The van der Waals surface area contributed by atoms with Crippen LogP contribution < -0.4 is 10.6 Å². The van der Waals surface area contributed by atoms with Gasteiger partial charge in [0, 0.05) is 17.4 Å². The molecule has 0 radical (unpaired) electrons. The van der Waals surface area contributed by atoms with Crippen LogP contribution in [0.4, 0.5) is 10.1 Å². The van der Waals surface area contributed by atoms with Gasteiger partial charge in [0.25, 0.3) is 5.69 Å². The summed E-state index contributed by atoms with van der Waals surface area (Å²) in [5.41, 5.74) is 0.428. The van der Waals surface area contributed by atoms with E-state index in [0.717, 1.165) is 17.3 Å². The van der Waals surface area contributed by atoms with E-state index in [1.165, 1.54) is 22.9 Å². The molecule has 0 amide bonds. The normalized spacial score (nSPS) is 10.7. The molecule has 1 aromatic heterocycles. The first-order valence-corrected chi connectivity index (χ1v) is 8.39. The topological polar surface area (TPSA) is 109 Å². The van der Waals surface area contributed by atoms with E-state index in [1.807, 2.05) is 0 Å². The average molecular weight is 375 g/mol. The molecule has 0 spiro atoms. The zero-order chi connectivity index (χ0) is 18.7. The number of rotatable bonds is 6. The minimum absolute atomic E-state index is 0.000925. The first-order chi connectivity index (χ1) is 12.5. The highest BCUT2D eigenvalue weighted by molar-refractivity contribution is 7.98. The second-order valence-corrected chi connectivity index (χ2v) is 6.13. The van der Waals surface area contributed by atoms with Crippen molar-refractivity contribution in [2.24, 2.45) is 0 Å². The number of nitro benzene ring substituents is 1. The Morgan fingerprint density at radius 1 is 1.27 bits per heavy atom. The standard InChI is InChI=1S/C16H14FN5O3S/c1-25-11-7-5-10(6-8-11)15-19-20-16(21(15)18)26-9-12-13(17)3-2-4-14(12)22(23)24/h2-8H,9,18H2,1H3. The van der Waals surface area contributed by atoms with E-state index >= 15 is 0 Å². The minimum Gasteiger partial charge on any atom is -0.497 e. The molecule has 1 heterocycles. The lowest BCUT2D eigenvalue weighted by molar-refractivity contribution is -0.385. The number of ether oxygens (including phenoxy) is 1. The largest absolute Gasteiger partial charge is 0.497 e. The van der Waals surface area contributed by atoms with E-state index in [2.05, 4.69) is 10.2 Å². The summed E-state index contributed by atoms with van der Waals surface area (Å²) in [5, 5.41) is 19.4. The highest BCUT2D eigenvalue weighted by Gasteiger charge is 2.20. The lowest BCUT2D eigenvalue weighted by atomic mass is 10.2. The first-order valence-electron chi connectivity index (χ1n) is 7.40. The van der Waals surface area contributed by atoms with Crippen LogP contribution in [0.3, 0.4) is 0 Å². The van der Waals surface area contributed by atoms with Gasteiger partial charge in [0.05, 0.1) is 17.6 Å². The van der Waals surface area contributed by atoms with Gasteiger partial charge in [0.15, 0.2) is 5.82 Å². The monoisotopic (exact) mass is 375 g/mol. The van der Waals surface area contributed by atoms with Crippen molar-refractivity contribution in [1.82, 2.24) is 14.9 Å².